The third kappa shape index (κ3) is 4.79. The van der Waals surface area contributed by atoms with E-state index in [-0.39, 0.29) is 30.2 Å². The van der Waals surface area contributed by atoms with Crippen LogP contribution in [0.2, 0.25) is 0 Å². The zero-order valence-corrected chi connectivity index (χ0v) is 18.4. The average molecular weight is 442 g/mol. The van der Waals surface area contributed by atoms with Crippen molar-refractivity contribution in [2.24, 2.45) is 5.92 Å². The van der Waals surface area contributed by atoms with Gasteiger partial charge in [0.15, 0.2) is 5.13 Å². The van der Waals surface area contributed by atoms with E-state index in [0.717, 1.165) is 25.7 Å². The second-order valence-electron chi connectivity index (χ2n) is 8.06. The van der Waals surface area contributed by atoms with Gasteiger partial charge in [0.05, 0.1) is 18.7 Å². The molecule has 0 radical (unpaired) electrons. The van der Waals surface area contributed by atoms with Gasteiger partial charge in [-0.1, -0.05) is 31.0 Å². The van der Waals surface area contributed by atoms with E-state index >= 15 is 0 Å². The van der Waals surface area contributed by atoms with Crippen LogP contribution < -0.4 is 5.32 Å². The van der Waals surface area contributed by atoms with E-state index in [2.05, 4.69) is 10.3 Å². The molecule has 1 N–H and O–H groups in total. The quantitative estimate of drug-likeness (QED) is 0.691. The van der Waals surface area contributed by atoms with Gasteiger partial charge in [0.25, 0.3) is 5.91 Å². The van der Waals surface area contributed by atoms with Crippen molar-refractivity contribution < 1.29 is 19.1 Å². The monoisotopic (exact) mass is 441 g/mol. The maximum atomic E-state index is 13.3. The third-order valence-electron chi connectivity index (χ3n) is 6.06. The van der Waals surface area contributed by atoms with Gasteiger partial charge in [0.2, 0.25) is 5.91 Å². The summed E-state index contributed by atoms with van der Waals surface area (Å²) in [6, 6.07) is 8.76. The summed E-state index contributed by atoms with van der Waals surface area (Å²) in [6.07, 6.45) is 4.97. The molecule has 7 nitrogen and oxygen atoms in total. The summed E-state index contributed by atoms with van der Waals surface area (Å²) in [4.78, 5) is 44.4. The number of fused-ring (bicyclic) bond motifs is 1. The first-order valence-corrected chi connectivity index (χ1v) is 11.7. The normalized spacial score (nSPS) is 22.6. The van der Waals surface area contributed by atoms with Gasteiger partial charge in [0.1, 0.15) is 6.04 Å². The number of ether oxygens (including phenoxy) is 1. The Morgan fingerprint density at radius 3 is 2.74 bits per heavy atom. The van der Waals surface area contributed by atoms with Gasteiger partial charge in [-0.2, -0.15) is 0 Å². The Labute approximate surface area is 185 Å². The molecule has 2 amide bonds. The van der Waals surface area contributed by atoms with E-state index in [1.165, 1.54) is 11.3 Å². The van der Waals surface area contributed by atoms with E-state index < -0.39 is 6.04 Å². The maximum absolute atomic E-state index is 13.3. The largest absolute Gasteiger partial charge is 0.466 e. The Kier molecular flexibility index (Phi) is 6.65. The lowest BCUT2D eigenvalue weighted by atomic mass is 9.84. The van der Waals surface area contributed by atoms with E-state index in [9.17, 15) is 14.4 Å². The van der Waals surface area contributed by atoms with Crippen LogP contribution in [0, 0.1) is 5.92 Å². The Hall–Kier alpha value is -2.74. The minimum Gasteiger partial charge on any atom is -0.466 e. The fraction of sp³-hybridized carbons (Fsp3) is 0.478. The van der Waals surface area contributed by atoms with E-state index in [1.54, 1.807) is 24.4 Å². The highest BCUT2D eigenvalue weighted by Crippen LogP contribution is 2.41. The second kappa shape index (κ2) is 9.60. The molecular formula is C23H27N3O4S. The molecule has 3 unspecified atom stereocenters. The molecule has 8 heteroatoms. The molecule has 2 fully saturated rings. The summed E-state index contributed by atoms with van der Waals surface area (Å²) < 4.78 is 4.95. The van der Waals surface area contributed by atoms with Crippen LogP contribution in [0.5, 0.6) is 0 Å². The smallest absolute Gasteiger partial charge is 0.311 e. The number of aromatic nitrogens is 1. The predicted octanol–water partition coefficient (Wildman–Crippen LogP) is 3.66. The van der Waals surface area contributed by atoms with Gasteiger partial charge < -0.3 is 15.0 Å². The minimum atomic E-state index is -0.516. The van der Waals surface area contributed by atoms with Crippen molar-refractivity contribution in [1.29, 1.82) is 0 Å². The molecule has 1 aromatic heterocycles. The van der Waals surface area contributed by atoms with Crippen LogP contribution in [0.25, 0.3) is 0 Å². The molecule has 1 saturated heterocycles. The van der Waals surface area contributed by atoms with Crippen molar-refractivity contribution >= 4 is 34.3 Å². The van der Waals surface area contributed by atoms with E-state index in [1.807, 2.05) is 23.1 Å². The van der Waals surface area contributed by atoms with Crippen LogP contribution >= 0.6 is 11.3 Å². The highest BCUT2D eigenvalue weighted by molar-refractivity contribution is 7.13. The van der Waals surface area contributed by atoms with Crippen LogP contribution in [0.4, 0.5) is 5.13 Å². The lowest BCUT2D eigenvalue weighted by Gasteiger charge is -2.33. The molecule has 0 bridgehead atoms. The van der Waals surface area contributed by atoms with Crippen LogP contribution in [-0.4, -0.2) is 46.4 Å². The predicted molar refractivity (Wildman–Crippen MR) is 118 cm³/mol. The molecule has 164 valence electrons. The molecular weight excluding hydrogens is 414 g/mol. The molecule has 1 aliphatic carbocycles. The van der Waals surface area contributed by atoms with Gasteiger partial charge in [0, 0.05) is 17.0 Å². The summed E-state index contributed by atoms with van der Waals surface area (Å²) in [5.74, 6) is -0.286. The Morgan fingerprint density at radius 1 is 1.19 bits per heavy atom. The first kappa shape index (κ1) is 21.5. The number of anilines is 1. The maximum Gasteiger partial charge on any atom is 0.311 e. The van der Waals surface area contributed by atoms with E-state index in [0.29, 0.717) is 35.3 Å². The number of rotatable bonds is 6. The average Bonchev–Trinajstić information content (AvgIpc) is 3.38. The lowest BCUT2D eigenvalue weighted by molar-refractivity contribution is -0.142. The minimum absolute atomic E-state index is 0.0758. The third-order valence-corrected chi connectivity index (χ3v) is 6.87. The summed E-state index contributed by atoms with van der Waals surface area (Å²) in [7, 11) is 0. The number of esters is 1. The fourth-order valence-corrected chi connectivity index (χ4v) is 5.42. The summed E-state index contributed by atoms with van der Waals surface area (Å²) >= 11 is 1.27. The number of carbonyl (C=O) groups is 3. The highest BCUT2D eigenvalue weighted by atomic mass is 32.1. The summed E-state index contributed by atoms with van der Waals surface area (Å²) in [5, 5.41) is 5.06. The molecule has 4 rings (SSSR count). The van der Waals surface area contributed by atoms with E-state index in [4.69, 9.17) is 4.74 Å². The first-order valence-electron chi connectivity index (χ1n) is 10.9. The number of thiazole rings is 1. The summed E-state index contributed by atoms with van der Waals surface area (Å²) in [5.41, 5.74) is 1.17. The number of hydrogen-bond donors (Lipinski definition) is 1. The molecule has 3 atom stereocenters. The zero-order chi connectivity index (χ0) is 21.8. The molecule has 31 heavy (non-hydrogen) atoms. The number of hydrogen-bond acceptors (Lipinski definition) is 6. The van der Waals surface area contributed by atoms with Gasteiger partial charge in [-0.15, -0.1) is 11.3 Å². The zero-order valence-electron chi connectivity index (χ0n) is 17.6. The second-order valence-corrected chi connectivity index (χ2v) is 8.91. The number of nitrogens with one attached hydrogen (secondary N) is 1. The first-order chi connectivity index (χ1) is 15.1. The number of benzene rings is 1. The van der Waals surface area contributed by atoms with Crippen molar-refractivity contribution in [3.05, 3.63) is 47.0 Å². The van der Waals surface area contributed by atoms with Crippen molar-refractivity contribution in [2.75, 3.05) is 11.9 Å². The number of likely N-dealkylation sites (tertiary alicyclic amines) is 1. The lowest BCUT2D eigenvalue weighted by Crippen LogP contribution is -2.47. The molecule has 1 aromatic carbocycles. The van der Waals surface area contributed by atoms with Crippen molar-refractivity contribution in [2.45, 2.75) is 57.5 Å². The SMILES string of the molecule is CCOC(=O)Cc1csc(NC(=O)C2CC3CCCCC3N2C(=O)c2ccccc2)n1. The fourth-order valence-electron chi connectivity index (χ4n) is 4.71. The van der Waals surface area contributed by atoms with Gasteiger partial charge in [-0.25, -0.2) is 4.98 Å². The number of carbonyl (C=O) groups excluding carboxylic acids is 3. The topological polar surface area (TPSA) is 88.6 Å². The van der Waals surface area contributed by atoms with Crippen LogP contribution in [0.3, 0.4) is 0 Å². The number of amides is 2. The Bertz CT molecular complexity index is 945. The molecule has 1 saturated carbocycles. The Morgan fingerprint density at radius 2 is 1.97 bits per heavy atom. The molecule has 0 spiro atoms. The van der Waals surface area contributed by atoms with Crippen LogP contribution in [0.15, 0.2) is 35.7 Å². The van der Waals surface area contributed by atoms with Crippen molar-refractivity contribution in [1.82, 2.24) is 9.88 Å². The van der Waals surface area contributed by atoms with Crippen LogP contribution in [0.1, 0.15) is 55.1 Å². The molecule has 2 heterocycles. The standard InChI is InChI=1S/C23H27N3O4S/c1-2-30-20(27)13-17-14-31-23(24-17)25-21(28)19-12-16-10-6-7-11-18(16)26(19)22(29)15-8-4-3-5-9-15/h3-5,8-9,14,16,18-19H,2,6-7,10-13H2,1H3,(H,24,25,28). The van der Waals surface area contributed by atoms with Crippen molar-refractivity contribution in [3.8, 4) is 0 Å². The molecule has 2 aromatic rings. The van der Waals surface area contributed by atoms with Gasteiger partial charge in [-0.3, -0.25) is 14.4 Å². The highest BCUT2D eigenvalue weighted by Gasteiger charge is 2.47. The Balaban J connectivity index is 1.49. The molecule has 2 aliphatic rings. The van der Waals surface area contributed by atoms with Gasteiger partial charge >= 0.3 is 5.97 Å². The van der Waals surface area contributed by atoms with Crippen molar-refractivity contribution in [3.63, 3.8) is 0 Å². The van der Waals surface area contributed by atoms with Crippen LogP contribution in [-0.2, 0) is 20.7 Å². The summed E-state index contributed by atoms with van der Waals surface area (Å²) in [6.45, 7) is 2.08. The number of nitrogens with zero attached hydrogens (tertiary/aromatic N) is 2. The van der Waals surface area contributed by atoms with Gasteiger partial charge in [-0.05, 0) is 44.2 Å². The molecule has 1 aliphatic heterocycles.